The van der Waals surface area contributed by atoms with Crippen LogP contribution in [0.5, 0.6) is 0 Å². The fourth-order valence-corrected chi connectivity index (χ4v) is 1.20. The van der Waals surface area contributed by atoms with Gasteiger partial charge in [0.15, 0.2) is 0 Å². The van der Waals surface area contributed by atoms with Gasteiger partial charge in [-0.3, -0.25) is 4.79 Å². The predicted octanol–water partition coefficient (Wildman–Crippen LogP) is 0.882. The molecule has 0 aliphatic heterocycles. The van der Waals surface area contributed by atoms with Crippen LogP contribution in [0.4, 0.5) is 13.2 Å². The number of carboxylic acid groups (broad SMARTS) is 1. The van der Waals surface area contributed by atoms with Crippen molar-refractivity contribution < 1.29 is 27.9 Å². The molecule has 8 heteroatoms. The predicted molar refractivity (Wildman–Crippen MR) is 57.7 cm³/mol. The normalized spacial score (nSPS) is 17.1. The first kappa shape index (κ1) is 16.7. The largest absolute Gasteiger partial charge is 0.479 e. The summed E-state index contributed by atoms with van der Waals surface area (Å²) in [6, 6.07) is -1.17. The highest BCUT2D eigenvalue weighted by Gasteiger charge is 2.58. The number of nitrogens with one attached hydrogen (secondary N) is 1. The summed E-state index contributed by atoms with van der Waals surface area (Å²) in [5.74, 6) is -3.31. The summed E-state index contributed by atoms with van der Waals surface area (Å²) >= 11 is 0. The highest BCUT2D eigenvalue weighted by Crippen LogP contribution is 2.30. The van der Waals surface area contributed by atoms with E-state index in [9.17, 15) is 22.8 Å². The van der Waals surface area contributed by atoms with E-state index in [1.807, 2.05) is 0 Å². The highest BCUT2D eigenvalue weighted by molar-refractivity contribution is 5.89. The van der Waals surface area contributed by atoms with Crippen LogP contribution in [0.15, 0.2) is 0 Å². The first-order valence-electron chi connectivity index (χ1n) is 5.29. The molecule has 0 spiro atoms. The second-order valence-corrected chi connectivity index (χ2v) is 4.65. The van der Waals surface area contributed by atoms with E-state index in [1.165, 1.54) is 5.32 Å². The van der Waals surface area contributed by atoms with Gasteiger partial charge in [-0.05, 0) is 19.3 Å². The summed E-state index contributed by atoms with van der Waals surface area (Å²) in [7, 11) is 0. The molecule has 5 nitrogen and oxygen atoms in total. The lowest BCUT2D eigenvalue weighted by Gasteiger charge is -2.29. The molecule has 1 unspecified atom stereocenters. The van der Waals surface area contributed by atoms with E-state index in [4.69, 9.17) is 10.8 Å². The third-order valence-electron chi connectivity index (χ3n) is 2.43. The SMILES string of the molecule is CC(C)C[C@@H](N)C(=O)NC(C)(C(=O)O)C(F)(F)F. The number of aliphatic carboxylic acids is 1. The Morgan fingerprint density at radius 1 is 1.33 bits per heavy atom. The van der Waals surface area contributed by atoms with Crippen molar-refractivity contribution >= 4 is 11.9 Å². The van der Waals surface area contributed by atoms with Gasteiger partial charge >= 0.3 is 12.1 Å². The molecule has 0 rings (SSSR count). The van der Waals surface area contributed by atoms with E-state index < -0.39 is 29.6 Å². The number of hydrogen-bond donors (Lipinski definition) is 3. The van der Waals surface area contributed by atoms with Gasteiger partial charge in [-0.15, -0.1) is 0 Å². The van der Waals surface area contributed by atoms with Gasteiger partial charge < -0.3 is 16.2 Å². The molecule has 18 heavy (non-hydrogen) atoms. The number of nitrogens with two attached hydrogens (primary N) is 1. The smallest absolute Gasteiger partial charge is 0.422 e. The standard InChI is InChI=1S/C10H17F3N2O3/c1-5(2)4-6(14)7(16)15-9(3,8(17)18)10(11,12)13/h5-6H,4,14H2,1-3H3,(H,15,16)(H,17,18)/t6-,9?/m1/s1. The molecule has 0 bridgehead atoms. The molecular formula is C10H17F3N2O3. The van der Waals surface area contributed by atoms with Crippen molar-refractivity contribution in [3.05, 3.63) is 0 Å². The Hall–Kier alpha value is -1.31. The quantitative estimate of drug-likeness (QED) is 0.691. The molecule has 1 amide bonds. The number of amides is 1. The Labute approximate surface area is 103 Å². The summed E-state index contributed by atoms with van der Waals surface area (Å²) in [6.45, 7) is 3.87. The zero-order valence-corrected chi connectivity index (χ0v) is 10.3. The Bertz CT molecular complexity index is 331. The first-order valence-corrected chi connectivity index (χ1v) is 5.29. The maximum Gasteiger partial charge on any atom is 0.422 e. The fourth-order valence-electron chi connectivity index (χ4n) is 1.20. The van der Waals surface area contributed by atoms with Gasteiger partial charge in [0.05, 0.1) is 6.04 Å². The minimum Gasteiger partial charge on any atom is -0.479 e. The molecule has 0 radical (unpaired) electrons. The molecule has 2 atom stereocenters. The molecule has 0 aromatic rings. The molecular weight excluding hydrogens is 253 g/mol. The summed E-state index contributed by atoms with van der Waals surface area (Å²) in [5.41, 5.74) is 2.06. The van der Waals surface area contributed by atoms with E-state index in [0.717, 1.165) is 0 Å². The van der Waals surface area contributed by atoms with Crippen LogP contribution < -0.4 is 11.1 Å². The van der Waals surface area contributed by atoms with Crippen LogP contribution in [0.2, 0.25) is 0 Å². The monoisotopic (exact) mass is 270 g/mol. The third kappa shape index (κ3) is 3.86. The molecule has 4 N–H and O–H groups in total. The van der Waals surface area contributed by atoms with Crippen LogP contribution >= 0.6 is 0 Å². The van der Waals surface area contributed by atoms with Crippen LogP contribution in [0, 0.1) is 5.92 Å². The summed E-state index contributed by atoms with van der Waals surface area (Å²) in [6.07, 6.45) is -4.94. The molecule has 0 aromatic heterocycles. The van der Waals surface area contributed by atoms with Gasteiger partial charge in [0, 0.05) is 0 Å². The van der Waals surface area contributed by atoms with Crippen LogP contribution in [0.3, 0.4) is 0 Å². The van der Waals surface area contributed by atoms with Gasteiger partial charge in [-0.25, -0.2) is 4.79 Å². The van der Waals surface area contributed by atoms with Crippen LogP contribution in [0.25, 0.3) is 0 Å². The number of carbonyl (C=O) groups excluding carboxylic acids is 1. The number of rotatable bonds is 5. The lowest BCUT2D eigenvalue weighted by Crippen LogP contribution is -2.64. The summed E-state index contributed by atoms with van der Waals surface area (Å²) in [4.78, 5) is 22.1. The maximum absolute atomic E-state index is 12.6. The summed E-state index contributed by atoms with van der Waals surface area (Å²) < 4.78 is 37.8. The van der Waals surface area contributed by atoms with Gasteiger partial charge in [-0.1, -0.05) is 13.8 Å². The van der Waals surface area contributed by atoms with Crippen molar-refractivity contribution in [2.75, 3.05) is 0 Å². The zero-order valence-electron chi connectivity index (χ0n) is 10.3. The van der Waals surface area contributed by atoms with Crippen molar-refractivity contribution in [1.29, 1.82) is 0 Å². The second kappa shape index (κ2) is 5.55. The number of halogens is 3. The Kier molecular flexibility index (Phi) is 5.15. The summed E-state index contributed by atoms with van der Waals surface area (Å²) in [5, 5.41) is 10.1. The van der Waals surface area contributed by atoms with Crippen molar-refractivity contribution in [2.24, 2.45) is 11.7 Å². The van der Waals surface area contributed by atoms with Crippen molar-refractivity contribution in [3.63, 3.8) is 0 Å². The van der Waals surface area contributed by atoms with Crippen molar-refractivity contribution in [3.8, 4) is 0 Å². The molecule has 0 saturated heterocycles. The zero-order chi connectivity index (χ0) is 14.7. The highest BCUT2D eigenvalue weighted by atomic mass is 19.4. The molecule has 0 fully saturated rings. The van der Waals surface area contributed by atoms with Crippen LogP contribution in [-0.4, -0.2) is 34.7 Å². The van der Waals surface area contributed by atoms with E-state index in [-0.39, 0.29) is 12.3 Å². The lowest BCUT2D eigenvalue weighted by molar-refractivity contribution is -0.207. The molecule has 0 saturated carbocycles. The van der Waals surface area contributed by atoms with Gasteiger partial charge in [0.1, 0.15) is 0 Å². The number of alkyl halides is 3. The fraction of sp³-hybridized carbons (Fsp3) is 0.800. The molecule has 0 heterocycles. The van der Waals surface area contributed by atoms with Gasteiger partial charge in [0.2, 0.25) is 11.4 Å². The van der Waals surface area contributed by atoms with Crippen molar-refractivity contribution in [1.82, 2.24) is 5.32 Å². The van der Waals surface area contributed by atoms with Crippen LogP contribution in [0.1, 0.15) is 27.2 Å². The first-order chi connectivity index (χ1) is 7.91. The molecule has 0 aromatic carbocycles. The number of carbonyl (C=O) groups is 2. The minimum atomic E-state index is -5.11. The molecule has 0 aliphatic carbocycles. The van der Waals surface area contributed by atoms with Gasteiger partial charge in [0.25, 0.3) is 0 Å². The Morgan fingerprint density at radius 3 is 2.06 bits per heavy atom. The number of carboxylic acids is 1. The third-order valence-corrected chi connectivity index (χ3v) is 2.43. The van der Waals surface area contributed by atoms with Crippen LogP contribution in [-0.2, 0) is 9.59 Å². The second-order valence-electron chi connectivity index (χ2n) is 4.65. The topological polar surface area (TPSA) is 92.4 Å². The Morgan fingerprint density at radius 2 is 1.78 bits per heavy atom. The lowest BCUT2D eigenvalue weighted by atomic mass is 9.99. The van der Waals surface area contributed by atoms with E-state index >= 15 is 0 Å². The molecule has 0 aliphatic rings. The number of hydrogen-bond acceptors (Lipinski definition) is 3. The van der Waals surface area contributed by atoms with Gasteiger partial charge in [-0.2, -0.15) is 13.2 Å². The van der Waals surface area contributed by atoms with Crippen molar-refractivity contribution in [2.45, 2.75) is 44.9 Å². The average Bonchev–Trinajstić information content (AvgIpc) is 2.13. The Balaban J connectivity index is 4.93. The maximum atomic E-state index is 12.6. The van der Waals surface area contributed by atoms with E-state index in [0.29, 0.717) is 6.92 Å². The van der Waals surface area contributed by atoms with E-state index in [1.54, 1.807) is 13.8 Å². The molecule has 106 valence electrons. The van der Waals surface area contributed by atoms with E-state index in [2.05, 4.69) is 0 Å². The average molecular weight is 270 g/mol. The minimum absolute atomic E-state index is 0.00715.